The van der Waals surface area contributed by atoms with Gasteiger partial charge in [-0.05, 0) is 43.0 Å². The van der Waals surface area contributed by atoms with Gasteiger partial charge in [-0.2, -0.15) is 0 Å². The van der Waals surface area contributed by atoms with Crippen molar-refractivity contribution in [1.82, 2.24) is 0 Å². The van der Waals surface area contributed by atoms with E-state index in [0.29, 0.717) is 6.04 Å². The fourth-order valence-electron chi connectivity index (χ4n) is 3.15. The summed E-state index contributed by atoms with van der Waals surface area (Å²) >= 11 is 0. The van der Waals surface area contributed by atoms with Gasteiger partial charge in [0.05, 0.1) is 19.1 Å². The van der Waals surface area contributed by atoms with E-state index in [1.54, 1.807) is 0 Å². The van der Waals surface area contributed by atoms with Crippen molar-refractivity contribution in [1.29, 1.82) is 0 Å². The van der Waals surface area contributed by atoms with E-state index in [2.05, 4.69) is 73.1 Å². The lowest BCUT2D eigenvalue weighted by Crippen LogP contribution is -2.36. The highest BCUT2D eigenvalue weighted by molar-refractivity contribution is 5.70. The molecule has 1 heterocycles. The van der Waals surface area contributed by atoms with Gasteiger partial charge in [-0.1, -0.05) is 48.9 Å². The zero-order chi connectivity index (χ0) is 15.5. The maximum absolute atomic E-state index is 4.53. The van der Waals surface area contributed by atoms with Gasteiger partial charge in [-0.3, -0.25) is 4.99 Å². The lowest BCUT2D eigenvalue weighted by atomic mass is 10.00. The molecule has 1 unspecified atom stereocenters. The molecule has 3 rings (SSSR count). The lowest BCUT2D eigenvalue weighted by molar-refractivity contribution is 0.647. The van der Waals surface area contributed by atoms with Crippen LogP contribution in [-0.4, -0.2) is 19.3 Å². The van der Waals surface area contributed by atoms with Crippen LogP contribution in [0.3, 0.4) is 0 Å². The van der Waals surface area contributed by atoms with Gasteiger partial charge in [0.25, 0.3) is 0 Å². The average molecular weight is 292 g/mol. The highest BCUT2D eigenvalue weighted by atomic mass is 15.2. The van der Waals surface area contributed by atoms with Crippen LogP contribution in [0.2, 0.25) is 0 Å². The number of nitrogens with zero attached hydrogens (tertiary/aromatic N) is 2. The van der Waals surface area contributed by atoms with E-state index >= 15 is 0 Å². The number of hydrogen-bond acceptors (Lipinski definition) is 2. The topological polar surface area (TPSA) is 15.6 Å². The molecule has 22 heavy (non-hydrogen) atoms. The molecule has 0 bridgehead atoms. The van der Waals surface area contributed by atoms with Crippen molar-refractivity contribution >= 4 is 11.9 Å². The number of anilines is 1. The zero-order valence-electron chi connectivity index (χ0n) is 13.7. The van der Waals surface area contributed by atoms with Crippen LogP contribution in [-0.2, 0) is 6.42 Å². The predicted octanol–water partition coefficient (Wildman–Crippen LogP) is 4.50. The number of aryl methyl sites for hydroxylation is 3. The molecule has 0 N–H and O–H groups in total. The van der Waals surface area contributed by atoms with Gasteiger partial charge in [0.15, 0.2) is 0 Å². The molecule has 0 aliphatic carbocycles. The SMILES string of the molecule is CCc1ccc(N2CC=NCC2c2ccc(C)cc2)c(C)c1. The first-order chi connectivity index (χ1) is 10.7. The molecule has 0 fully saturated rings. The highest BCUT2D eigenvalue weighted by Crippen LogP contribution is 2.31. The Balaban J connectivity index is 1.96. The van der Waals surface area contributed by atoms with Crippen LogP contribution >= 0.6 is 0 Å². The van der Waals surface area contributed by atoms with Gasteiger partial charge in [-0.15, -0.1) is 0 Å². The Bertz CT molecular complexity index is 671. The molecule has 0 radical (unpaired) electrons. The van der Waals surface area contributed by atoms with Crippen molar-refractivity contribution in [2.45, 2.75) is 33.2 Å². The van der Waals surface area contributed by atoms with Crippen LogP contribution in [0.4, 0.5) is 5.69 Å². The third-order valence-electron chi connectivity index (χ3n) is 4.50. The second-order valence-corrected chi connectivity index (χ2v) is 6.10. The molecule has 0 aromatic heterocycles. The molecule has 2 heteroatoms. The highest BCUT2D eigenvalue weighted by Gasteiger charge is 2.23. The Morgan fingerprint density at radius 1 is 1.09 bits per heavy atom. The molecule has 1 aliphatic heterocycles. The summed E-state index contributed by atoms with van der Waals surface area (Å²) < 4.78 is 0. The lowest BCUT2D eigenvalue weighted by Gasteiger charge is -2.36. The first kappa shape index (κ1) is 14.8. The third-order valence-corrected chi connectivity index (χ3v) is 4.50. The number of hydrogen-bond donors (Lipinski definition) is 0. The minimum Gasteiger partial charge on any atom is -0.357 e. The molecule has 2 aromatic rings. The van der Waals surface area contributed by atoms with Gasteiger partial charge in [0.1, 0.15) is 0 Å². The Kier molecular flexibility index (Phi) is 4.28. The van der Waals surface area contributed by atoms with E-state index in [1.165, 1.54) is 27.9 Å². The standard InChI is InChI=1S/C20H24N2/c1-4-17-7-10-19(16(3)13-17)22-12-11-21-14-20(22)18-8-5-15(2)6-9-18/h5-11,13,20H,4,12,14H2,1-3H3. The maximum atomic E-state index is 4.53. The van der Waals surface area contributed by atoms with Crippen molar-refractivity contribution in [2.75, 3.05) is 18.0 Å². The normalized spacial score (nSPS) is 17.8. The average Bonchev–Trinajstić information content (AvgIpc) is 2.55. The van der Waals surface area contributed by atoms with Crippen LogP contribution in [0.5, 0.6) is 0 Å². The van der Waals surface area contributed by atoms with Crippen molar-refractivity contribution in [3.05, 3.63) is 64.7 Å². The largest absolute Gasteiger partial charge is 0.357 e. The van der Waals surface area contributed by atoms with Crippen molar-refractivity contribution in [3.8, 4) is 0 Å². The Labute approximate surface area is 133 Å². The summed E-state index contributed by atoms with van der Waals surface area (Å²) in [5.74, 6) is 0. The van der Waals surface area contributed by atoms with Gasteiger partial charge in [-0.25, -0.2) is 0 Å². The number of rotatable bonds is 3. The van der Waals surface area contributed by atoms with Crippen LogP contribution < -0.4 is 4.90 Å². The molecule has 0 saturated carbocycles. The Morgan fingerprint density at radius 3 is 2.55 bits per heavy atom. The summed E-state index contributed by atoms with van der Waals surface area (Å²) in [5, 5.41) is 0. The summed E-state index contributed by atoms with van der Waals surface area (Å²) in [4.78, 5) is 7.01. The molecule has 2 nitrogen and oxygen atoms in total. The Morgan fingerprint density at radius 2 is 1.86 bits per heavy atom. The summed E-state index contributed by atoms with van der Waals surface area (Å²) in [6.45, 7) is 8.26. The summed E-state index contributed by atoms with van der Waals surface area (Å²) in [6.07, 6.45) is 3.13. The fraction of sp³-hybridized carbons (Fsp3) is 0.350. The quantitative estimate of drug-likeness (QED) is 0.813. The minimum absolute atomic E-state index is 0.330. The molecule has 114 valence electrons. The molecule has 0 amide bonds. The van der Waals surface area contributed by atoms with Gasteiger partial charge < -0.3 is 4.90 Å². The van der Waals surface area contributed by atoms with E-state index in [1.807, 2.05) is 6.21 Å². The number of benzene rings is 2. The van der Waals surface area contributed by atoms with E-state index in [4.69, 9.17) is 0 Å². The smallest absolute Gasteiger partial charge is 0.0741 e. The third kappa shape index (κ3) is 2.92. The minimum atomic E-state index is 0.330. The van der Waals surface area contributed by atoms with Gasteiger partial charge in [0.2, 0.25) is 0 Å². The summed E-state index contributed by atoms with van der Waals surface area (Å²) in [7, 11) is 0. The van der Waals surface area contributed by atoms with Crippen LogP contribution in [0.25, 0.3) is 0 Å². The van der Waals surface area contributed by atoms with Crippen molar-refractivity contribution in [2.24, 2.45) is 4.99 Å². The molecule has 0 saturated heterocycles. The fourth-order valence-corrected chi connectivity index (χ4v) is 3.15. The zero-order valence-corrected chi connectivity index (χ0v) is 13.7. The second-order valence-electron chi connectivity index (χ2n) is 6.10. The first-order valence-electron chi connectivity index (χ1n) is 8.10. The number of aliphatic imine (C=N–C) groups is 1. The van der Waals surface area contributed by atoms with Crippen LogP contribution in [0.15, 0.2) is 47.5 Å². The molecule has 1 atom stereocenters. The molecule has 2 aromatic carbocycles. The van der Waals surface area contributed by atoms with E-state index < -0.39 is 0 Å². The van der Waals surface area contributed by atoms with Gasteiger partial charge in [0, 0.05) is 11.9 Å². The first-order valence-corrected chi connectivity index (χ1v) is 8.10. The van der Waals surface area contributed by atoms with Crippen LogP contribution in [0.1, 0.15) is 35.2 Å². The Hall–Kier alpha value is -2.09. The molecular formula is C20H24N2. The summed E-state index contributed by atoms with van der Waals surface area (Å²) in [5.41, 5.74) is 6.74. The van der Waals surface area contributed by atoms with E-state index in [9.17, 15) is 0 Å². The van der Waals surface area contributed by atoms with Crippen molar-refractivity contribution < 1.29 is 0 Å². The van der Waals surface area contributed by atoms with Gasteiger partial charge >= 0.3 is 0 Å². The monoisotopic (exact) mass is 292 g/mol. The van der Waals surface area contributed by atoms with E-state index in [0.717, 1.165) is 19.5 Å². The second kappa shape index (κ2) is 6.35. The molecular weight excluding hydrogens is 268 g/mol. The van der Waals surface area contributed by atoms with Crippen LogP contribution in [0, 0.1) is 13.8 Å². The molecule has 1 aliphatic rings. The van der Waals surface area contributed by atoms with E-state index in [-0.39, 0.29) is 0 Å². The predicted molar refractivity (Wildman–Crippen MR) is 95.2 cm³/mol. The molecule has 0 spiro atoms. The summed E-state index contributed by atoms with van der Waals surface area (Å²) in [6, 6.07) is 16.0. The van der Waals surface area contributed by atoms with Crippen molar-refractivity contribution in [3.63, 3.8) is 0 Å². The maximum Gasteiger partial charge on any atom is 0.0741 e.